The van der Waals surface area contributed by atoms with Crippen molar-refractivity contribution in [2.45, 2.75) is 13.0 Å². The SMILES string of the molecule is O=C(c1ccc(O)c(COCCc2ccc(O)cc2)c1)P(=O)(O)O. The van der Waals surface area contributed by atoms with E-state index in [0.29, 0.717) is 13.0 Å². The predicted octanol–water partition coefficient (Wildman–Crippen LogP) is 2.18. The molecule has 0 amide bonds. The first kappa shape index (κ1) is 18.2. The zero-order chi connectivity index (χ0) is 17.7. The minimum Gasteiger partial charge on any atom is -0.508 e. The van der Waals surface area contributed by atoms with Gasteiger partial charge in [0.15, 0.2) is 0 Å². The van der Waals surface area contributed by atoms with Crippen molar-refractivity contribution in [3.8, 4) is 11.5 Å². The number of ether oxygens (including phenoxy) is 1. The topological polar surface area (TPSA) is 124 Å². The molecular formula is C16H17O7P. The first-order valence-corrected chi connectivity index (χ1v) is 8.66. The zero-order valence-corrected chi connectivity index (χ0v) is 13.5. The Hall–Kier alpha value is -2.18. The van der Waals surface area contributed by atoms with Crippen molar-refractivity contribution in [3.63, 3.8) is 0 Å². The van der Waals surface area contributed by atoms with Crippen molar-refractivity contribution in [1.82, 2.24) is 0 Å². The summed E-state index contributed by atoms with van der Waals surface area (Å²) in [6.45, 7) is 0.326. The lowest BCUT2D eigenvalue weighted by Gasteiger charge is -2.09. The summed E-state index contributed by atoms with van der Waals surface area (Å²) in [4.78, 5) is 29.4. The van der Waals surface area contributed by atoms with Crippen molar-refractivity contribution in [2.75, 3.05) is 6.61 Å². The van der Waals surface area contributed by atoms with Gasteiger partial charge in [0, 0.05) is 11.1 Å². The average molecular weight is 352 g/mol. The third kappa shape index (κ3) is 4.91. The van der Waals surface area contributed by atoms with Gasteiger partial charge in [-0.05, 0) is 42.3 Å². The molecule has 128 valence electrons. The van der Waals surface area contributed by atoms with Crippen LogP contribution in [-0.2, 0) is 22.3 Å². The van der Waals surface area contributed by atoms with Crippen LogP contribution < -0.4 is 0 Å². The highest BCUT2D eigenvalue weighted by Crippen LogP contribution is 2.39. The number of aromatic hydroxyl groups is 2. The number of benzene rings is 2. The van der Waals surface area contributed by atoms with Gasteiger partial charge in [0.05, 0.1) is 13.2 Å². The van der Waals surface area contributed by atoms with Gasteiger partial charge in [0.2, 0.25) is 0 Å². The van der Waals surface area contributed by atoms with Crippen LogP contribution in [0.15, 0.2) is 42.5 Å². The minimum absolute atomic E-state index is 0.00774. The molecule has 0 aliphatic heterocycles. The summed E-state index contributed by atoms with van der Waals surface area (Å²) in [5.74, 6) is 0.0537. The molecule has 2 aromatic rings. The molecule has 8 heteroatoms. The van der Waals surface area contributed by atoms with Crippen molar-refractivity contribution < 1.29 is 34.1 Å². The minimum atomic E-state index is -4.87. The molecule has 0 aliphatic carbocycles. The summed E-state index contributed by atoms with van der Waals surface area (Å²) < 4.78 is 16.4. The monoisotopic (exact) mass is 352 g/mol. The van der Waals surface area contributed by atoms with Crippen LogP contribution in [0.1, 0.15) is 21.5 Å². The highest BCUT2D eigenvalue weighted by molar-refractivity contribution is 7.70. The van der Waals surface area contributed by atoms with E-state index in [4.69, 9.17) is 14.5 Å². The maximum Gasteiger partial charge on any atom is 0.396 e. The highest BCUT2D eigenvalue weighted by atomic mass is 31.2. The molecule has 0 aliphatic rings. The molecule has 0 fully saturated rings. The lowest BCUT2D eigenvalue weighted by atomic mass is 10.1. The van der Waals surface area contributed by atoms with Crippen molar-refractivity contribution >= 4 is 13.1 Å². The standard InChI is InChI=1S/C16H17O7P/c17-14-4-1-11(2-5-14)7-8-23-10-13-9-12(3-6-15(13)18)16(19)24(20,21)22/h1-6,9,17-18H,7-8,10H2,(H2,20,21,22). The maximum absolute atomic E-state index is 11.6. The van der Waals surface area contributed by atoms with E-state index in [-0.39, 0.29) is 29.2 Å². The van der Waals surface area contributed by atoms with Gasteiger partial charge >= 0.3 is 7.60 Å². The van der Waals surface area contributed by atoms with Crippen molar-refractivity contribution in [1.29, 1.82) is 0 Å². The normalized spacial score (nSPS) is 11.4. The summed E-state index contributed by atoms with van der Waals surface area (Å²) in [7, 11) is -4.87. The van der Waals surface area contributed by atoms with Crippen LogP contribution in [0.3, 0.4) is 0 Å². The first-order valence-electron chi connectivity index (χ1n) is 7.05. The lowest BCUT2D eigenvalue weighted by molar-refractivity contribution is 0.104. The summed E-state index contributed by atoms with van der Waals surface area (Å²) in [6.07, 6.45) is 0.585. The van der Waals surface area contributed by atoms with Gasteiger partial charge in [-0.25, -0.2) is 0 Å². The van der Waals surface area contributed by atoms with Crippen molar-refractivity contribution in [3.05, 3.63) is 59.2 Å². The second-order valence-corrected chi connectivity index (χ2v) is 6.66. The maximum atomic E-state index is 11.6. The third-order valence-corrected chi connectivity index (χ3v) is 4.11. The molecule has 0 bridgehead atoms. The van der Waals surface area contributed by atoms with Gasteiger partial charge < -0.3 is 24.7 Å². The van der Waals surface area contributed by atoms with Gasteiger partial charge in [-0.2, -0.15) is 0 Å². The Kier molecular flexibility index (Phi) is 5.75. The molecule has 0 spiro atoms. The van der Waals surface area contributed by atoms with Gasteiger partial charge in [0.25, 0.3) is 5.52 Å². The number of hydrogen-bond acceptors (Lipinski definition) is 5. The second-order valence-electron chi connectivity index (χ2n) is 5.16. The van der Waals surface area contributed by atoms with Crippen LogP contribution in [0.5, 0.6) is 11.5 Å². The van der Waals surface area contributed by atoms with E-state index in [1.54, 1.807) is 24.3 Å². The van der Waals surface area contributed by atoms with Gasteiger partial charge in [0.1, 0.15) is 11.5 Å². The predicted molar refractivity (Wildman–Crippen MR) is 85.9 cm³/mol. The van der Waals surface area contributed by atoms with Crippen LogP contribution in [0.25, 0.3) is 0 Å². The second kappa shape index (κ2) is 7.59. The summed E-state index contributed by atoms with van der Waals surface area (Å²) in [5.41, 5.74) is -0.256. The van der Waals surface area contributed by atoms with Gasteiger partial charge in [-0.1, -0.05) is 12.1 Å². The fourth-order valence-electron chi connectivity index (χ4n) is 2.04. The molecule has 0 heterocycles. The summed E-state index contributed by atoms with van der Waals surface area (Å²) in [5, 5.41) is 18.9. The Morgan fingerprint density at radius 3 is 2.33 bits per heavy atom. The largest absolute Gasteiger partial charge is 0.508 e. The van der Waals surface area contributed by atoms with E-state index in [2.05, 4.69) is 0 Å². The van der Waals surface area contributed by atoms with E-state index in [0.717, 1.165) is 11.6 Å². The molecule has 0 unspecified atom stereocenters. The van der Waals surface area contributed by atoms with E-state index >= 15 is 0 Å². The Bertz CT molecular complexity index is 764. The zero-order valence-electron chi connectivity index (χ0n) is 12.6. The summed E-state index contributed by atoms with van der Waals surface area (Å²) >= 11 is 0. The molecule has 4 N–H and O–H groups in total. The average Bonchev–Trinajstić information content (AvgIpc) is 2.53. The number of phenols is 2. The van der Waals surface area contributed by atoms with E-state index in [1.165, 1.54) is 12.1 Å². The molecule has 2 aromatic carbocycles. The quantitative estimate of drug-likeness (QED) is 0.445. The van der Waals surface area contributed by atoms with Crippen LogP contribution in [-0.4, -0.2) is 32.1 Å². The van der Waals surface area contributed by atoms with Crippen LogP contribution in [0, 0.1) is 0 Å². The fraction of sp³-hybridized carbons (Fsp3) is 0.188. The van der Waals surface area contributed by atoms with Crippen LogP contribution >= 0.6 is 7.60 Å². The molecule has 0 atom stereocenters. The molecular weight excluding hydrogens is 335 g/mol. The molecule has 0 aromatic heterocycles. The smallest absolute Gasteiger partial charge is 0.396 e. The van der Waals surface area contributed by atoms with Crippen LogP contribution in [0.2, 0.25) is 0 Å². The lowest BCUT2D eigenvalue weighted by Crippen LogP contribution is -2.03. The molecule has 24 heavy (non-hydrogen) atoms. The van der Waals surface area contributed by atoms with Crippen LogP contribution in [0.4, 0.5) is 0 Å². The molecule has 2 rings (SSSR count). The first-order chi connectivity index (χ1) is 11.3. The summed E-state index contributed by atoms with van der Waals surface area (Å²) in [6, 6.07) is 10.2. The number of carbonyl (C=O) groups is 1. The van der Waals surface area contributed by atoms with E-state index < -0.39 is 13.1 Å². The van der Waals surface area contributed by atoms with E-state index in [9.17, 15) is 19.6 Å². The Balaban J connectivity index is 1.95. The number of rotatable bonds is 7. The molecule has 0 saturated carbocycles. The highest BCUT2D eigenvalue weighted by Gasteiger charge is 2.27. The van der Waals surface area contributed by atoms with Gasteiger partial charge in [-0.3, -0.25) is 9.36 Å². The number of phenolic OH excluding ortho intramolecular Hbond substituents is 2. The molecule has 0 saturated heterocycles. The van der Waals surface area contributed by atoms with Crippen molar-refractivity contribution in [2.24, 2.45) is 0 Å². The van der Waals surface area contributed by atoms with E-state index in [1.807, 2.05) is 0 Å². The molecule has 7 nitrogen and oxygen atoms in total. The Morgan fingerprint density at radius 1 is 1.04 bits per heavy atom. The Morgan fingerprint density at radius 2 is 1.71 bits per heavy atom. The fourth-order valence-corrected chi connectivity index (χ4v) is 2.51. The Labute approximate surface area is 138 Å². The molecule has 0 radical (unpaired) electrons. The number of hydrogen-bond donors (Lipinski definition) is 4. The number of carbonyl (C=O) groups excluding carboxylic acids is 1. The third-order valence-electron chi connectivity index (χ3n) is 3.32. The van der Waals surface area contributed by atoms with Gasteiger partial charge in [-0.15, -0.1) is 0 Å².